The van der Waals surface area contributed by atoms with Crippen LogP contribution in [-0.2, 0) is 11.2 Å². The van der Waals surface area contributed by atoms with Crippen molar-refractivity contribution >= 4 is 11.9 Å². The molecule has 0 aromatic heterocycles. The standard InChI is InChI=1S/C18H18FNO3/c19-15-11-5-4-10-14(15)17(21)20-16(18(22)23)12-6-9-13-7-2-1-3-8-13/h1-5,7-8,10-11,16H,6,9,12H2,(H,20,21)(H,22,23)/t16-/m1/s1. The van der Waals surface area contributed by atoms with Crippen LogP contribution in [0.2, 0.25) is 0 Å². The number of aryl methyl sites for hydroxylation is 1. The molecule has 0 aliphatic carbocycles. The van der Waals surface area contributed by atoms with Crippen LogP contribution in [0, 0.1) is 5.82 Å². The van der Waals surface area contributed by atoms with Crippen molar-refractivity contribution in [2.45, 2.75) is 25.3 Å². The number of amides is 1. The third-order valence-electron chi connectivity index (χ3n) is 3.52. The number of benzene rings is 2. The van der Waals surface area contributed by atoms with Gasteiger partial charge in [0.15, 0.2) is 0 Å². The Bertz CT molecular complexity index is 673. The first-order chi connectivity index (χ1) is 11.1. The molecule has 0 fully saturated rings. The molecular formula is C18H18FNO3. The van der Waals surface area contributed by atoms with Crippen molar-refractivity contribution in [1.29, 1.82) is 0 Å². The molecule has 0 aliphatic rings. The Morgan fingerprint density at radius 1 is 1.04 bits per heavy atom. The van der Waals surface area contributed by atoms with E-state index in [9.17, 15) is 19.1 Å². The number of carboxylic acids is 1. The van der Waals surface area contributed by atoms with E-state index >= 15 is 0 Å². The number of carbonyl (C=O) groups excluding carboxylic acids is 1. The topological polar surface area (TPSA) is 66.4 Å². The summed E-state index contributed by atoms with van der Waals surface area (Å²) in [5, 5.41) is 11.6. The van der Waals surface area contributed by atoms with Crippen LogP contribution in [0.5, 0.6) is 0 Å². The molecule has 2 rings (SSSR count). The molecule has 0 saturated carbocycles. The SMILES string of the molecule is O=C(N[C@H](CCCc1ccccc1)C(=O)O)c1ccccc1F. The second-order valence-electron chi connectivity index (χ2n) is 5.22. The van der Waals surface area contributed by atoms with Crippen LogP contribution in [-0.4, -0.2) is 23.0 Å². The molecule has 23 heavy (non-hydrogen) atoms. The van der Waals surface area contributed by atoms with E-state index in [1.807, 2.05) is 30.3 Å². The molecule has 0 heterocycles. The second-order valence-corrected chi connectivity index (χ2v) is 5.22. The number of carboxylic acid groups (broad SMARTS) is 1. The summed E-state index contributed by atoms with van der Waals surface area (Å²) in [6.45, 7) is 0. The fourth-order valence-electron chi connectivity index (χ4n) is 2.29. The summed E-state index contributed by atoms with van der Waals surface area (Å²) < 4.78 is 13.6. The fraction of sp³-hybridized carbons (Fsp3) is 0.222. The highest BCUT2D eigenvalue weighted by Gasteiger charge is 2.21. The van der Waals surface area contributed by atoms with Crippen LogP contribution in [0.4, 0.5) is 4.39 Å². The van der Waals surface area contributed by atoms with E-state index in [2.05, 4.69) is 5.32 Å². The van der Waals surface area contributed by atoms with Gasteiger partial charge in [-0.25, -0.2) is 9.18 Å². The molecule has 0 spiro atoms. The molecule has 2 N–H and O–H groups in total. The normalized spacial score (nSPS) is 11.7. The molecule has 1 atom stereocenters. The summed E-state index contributed by atoms with van der Waals surface area (Å²) in [4.78, 5) is 23.3. The highest BCUT2D eigenvalue weighted by molar-refractivity contribution is 5.96. The molecule has 5 heteroatoms. The van der Waals surface area contributed by atoms with Gasteiger partial charge in [-0.3, -0.25) is 4.79 Å². The van der Waals surface area contributed by atoms with Gasteiger partial charge in [0.2, 0.25) is 0 Å². The first kappa shape index (κ1) is 16.7. The van der Waals surface area contributed by atoms with Crippen molar-refractivity contribution in [3.63, 3.8) is 0 Å². The average Bonchev–Trinajstić information content (AvgIpc) is 2.55. The van der Waals surface area contributed by atoms with E-state index in [1.165, 1.54) is 24.3 Å². The van der Waals surface area contributed by atoms with Crippen molar-refractivity contribution in [2.24, 2.45) is 0 Å². The minimum absolute atomic E-state index is 0.151. The zero-order valence-electron chi connectivity index (χ0n) is 12.5. The van der Waals surface area contributed by atoms with Gasteiger partial charge in [0.25, 0.3) is 5.91 Å². The molecule has 0 aliphatic heterocycles. The maximum atomic E-state index is 13.6. The minimum Gasteiger partial charge on any atom is -0.480 e. The van der Waals surface area contributed by atoms with Gasteiger partial charge in [-0.05, 0) is 37.0 Å². The van der Waals surface area contributed by atoms with E-state index < -0.39 is 23.7 Å². The van der Waals surface area contributed by atoms with Crippen LogP contribution in [0.15, 0.2) is 54.6 Å². The van der Waals surface area contributed by atoms with Crippen molar-refractivity contribution in [1.82, 2.24) is 5.32 Å². The minimum atomic E-state index is -1.12. The van der Waals surface area contributed by atoms with Crippen LogP contribution in [0.3, 0.4) is 0 Å². The number of rotatable bonds is 7. The summed E-state index contributed by atoms with van der Waals surface area (Å²) in [6.07, 6.45) is 1.61. The molecular weight excluding hydrogens is 297 g/mol. The lowest BCUT2D eigenvalue weighted by Crippen LogP contribution is -2.41. The van der Waals surface area contributed by atoms with Crippen molar-refractivity contribution in [3.05, 3.63) is 71.5 Å². The lowest BCUT2D eigenvalue weighted by molar-refractivity contribution is -0.139. The third-order valence-corrected chi connectivity index (χ3v) is 3.52. The Hall–Kier alpha value is -2.69. The Morgan fingerprint density at radius 3 is 2.35 bits per heavy atom. The van der Waals surface area contributed by atoms with Crippen LogP contribution < -0.4 is 5.32 Å². The molecule has 2 aromatic rings. The quantitative estimate of drug-likeness (QED) is 0.825. The maximum absolute atomic E-state index is 13.6. The number of halogens is 1. The van der Waals surface area contributed by atoms with Gasteiger partial charge in [0, 0.05) is 0 Å². The zero-order chi connectivity index (χ0) is 16.7. The monoisotopic (exact) mass is 315 g/mol. The van der Waals surface area contributed by atoms with Crippen molar-refractivity contribution in [3.8, 4) is 0 Å². The molecule has 1 amide bonds. The Kier molecular flexibility index (Phi) is 5.86. The summed E-state index contributed by atoms with van der Waals surface area (Å²) in [5.74, 6) is -2.50. The van der Waals surface area contributed by atoms with E-state index in [-0.39, 0.29) is 12.0 Å². The van der Waals surface area contributed by atoms with Gasteiger partial charge in [0.1, 0.15) is 11.9 Å². The molecule has 4 nitrogen and oxygen atoms in total. The van der Waals surface area contributed by atoms with Gasteiger partial charge in [-0.15, -0.1) is 0 Å². The zero-order valence-corrected chi connectivity index (χ0v) is 12.5. The number of aliphatic carboxylic acids is 1. The van der Waals surface area contributed by atoms with Gasteiger partial charge in [0.05, 0.1) is 5.56 Å². The van der Waals surface area contributed by atoms with E-state index in [0.717, 1.165) is 12.0 Å². The number of nitrogens with one attached hydrogen (secondary N) is 1. The van der Waals surface area contributed by atoms with Gasteiger partial charge in [-0.1, -0.05) is 42.5 Å². The highest BCUT2D eigenvalue weighted by Crippen LogP contribution is 2.10. The van der Waals surface area contributed by atoms with Crippen LogP contribution >= 0.6 is 0 Å². The Morgan fingerprint density at radius 2 is 1.70 bits per heavy atom. The average molecular weight is 315 g/mol. The van der Waals surface area contributed by atoms with Crippen molar-refractivity contribution in [2.75, 3.05) is 0 Å². The molecule has 0 bridgehead atoms. The van der Waals surface area contributed by atoms with E-state index in [1.54, 1.807) is 0 Å². The Labute approximate surface area is 134 Å². The van der Waals surface area contributed by atoms with E-state index in [0.29, 0.717) is 6.42 Å². The highest BCUT2D eigenvalue weighted by atomic mass is 19.1. The smallest absolute Gasteiger partial charge is 0.326 e. The van der Waals surface area contributed by atoms with Gasteiger partial charge < -0.3 is 10.4 Å². The predicted octanol–water partition coefficient (Wildman–Crippen LogP) is 3.03. The number of hydrogen-bond acceptors (Lipinski definition) is 2. The molecule has 120 valence electrons. The molecule has 0 saturated heterocycles. The Balaban J connectivity index is 1.92. The number of carbonyl (C=O) groups is 2. The first-order valence-electron chi connectivity index (χ1n) is 7.40. The molecule has 0 radical (unpaired) electrons. The predicted molar refractivity (Wildman–Crippen MR) is 84.7 cm³/mol. The first-order valence-corrected chi connectivity index (χ1v) is 7.40. The summed E-state index contributed by atoms with van der Waals surface area (Å²) in [6, 6.07) is 14.1. The second kappa shape index (κ2) is 8.08. The maximum Gasteiger partial charge on any atom is 0.326 e. The summed E-state index contributed by atoms with van der Waals surface area (Å²) >= 11 is 0. The lowest BCUT2D eigenvalue weighted by Gasteiger charge is -2.14. The van der Waals surface area contributed by atoms with E-state index in [4.69, 9.17) is 0 Å². The van der Waals surface area contributed by atoms with Crippen LogP contribution in [0.25, 0.3) is 0 Å². The van der Waals surface area contributed by atoms with Crippen molar-refractivity contribution < 1.29 is 19.1 Å². The largest absolute Gasteiger partial charge is 0.480 e. The van der Waals surface area contributed by atoms with Gasteiger partial charge >= 0.3 is 5.97 Å². The summed E-state index contributed by atoms with van der Waals surface area (Å²) in [7, 11) is 0. The molecule has 0 unspecified atom stereocenters. The van der Waals surface area contributed by atoms with Gasteiger partial charge in [-0.2, -0.15) is 0 Å². The third kappa shape index (κ3) is 4.92. The van der Waals surface area contributed by atoms with Crippen LogP contribution in [0.1, 0.15) is 28.8 Å². The number of hydrogen-bond donors (Lipinski definition) is 2. The summed E-state index contributed by atoms with van der Waals surface area (Å²) in [5.41, 5.74) is 0.957. The lowest BCUT2D eigenvalue weighted by atomic mass is 10.0. The molecule has 2 aromatic carbocycles. The fourth-order valence-corrected chi connectivity index (χ4v) is 2.29.